The third-order valence-electron chi connectivity index (χ3n) is 2.59. The Morgan fingerprint density at radius 3 is 2.67 bits per heavy atom. The third kappa shape index (κ3) is 3.54. The molecule has 0 amide bonds. The quantitative estimate of drug-likeness (QED) is 0.838. The van der Waals surface area contributed by atoms with Gasteiger partial charge in [-0.3, -0.25) is 4.98 Å². The molecule has 0 spiro atoms. The smallest absolute Gasteiger partial charge is 0.0548 e. The molecule has 94 valence electrons. The van der Waals surface area contributed by atoms with Crippen molar-refractivity contribution in [1.82, 2.24) is 4.98 Å². The Hall–Kier alpha value is -0.420. The number of pyridine rings is 1. The minimum atomic E-state index is -0.0744. The van der Waals surface area contributed by atoms with Crippen molar-refractivity contribution in [3.05, 3.63) is 61.8 Å². The van der Waals surface area contributed by atoms with Crippen LogP contribution in [0.25, 0.3) is 0 Å². The molecule has 0 saturated heterocycles. The van der Waals surface area contributed by atoms with Gasteiger partial charge in [0.2, 0.25) is 0 Å². The average molecular weight is 391 g/mol. The first-order valence-electron chi connectivity index (χ1n) is 5.36. The van der Waals surface area contributed by atoms with Crippen LogP contribution in [0.4, 0.5) is 0 Å². The van der Waals surface area contributed by atoms with Crippen molar-refractivity contribution in [1.29, 1.82) is 0 Å². The van der Waals surface area contributed by atoms with Gasteiger partial charge in [-0.1, -0.05) is 17.7 Å². The summed E-state index contributed by atoms with van der Waals surface area (Å²) in [6.07, 6.45) is 4.32. The summed E-state index contributed by atoms with van der Waals surface area (Å²) in [4.78, 5) is 4.13. The van der Waals surface area contributed by atoms with Crippen molar-refractivity contribution in [3.8, 4) is 0 Å². The van der Waals surface area contributed by atoms with Crippen LogP contribution in [0.2, 0.25) is 5.02 Å². The van der Waals surface area contributed by atoms with E-state index in [1.54, 1.807) is 6.20 Å². The zero-order valence-corrected chi connectivity index (χ0v) is 13.3. The zero-order chi connectivity index (χ0) is 13.1. The van der Waals surface area contributed by atoms with E-state index in [1.165, 1.54) is 0 Å². The highest BCUT2D eigenvalue weighted by atomic mass is 79.9. The Morgan fingerprint density at radius 2 is 2.00 bits per heavy atom. The Balaban J connectivity index is 2.16. The van der Waals surface area contributed by atoms with Gasteiger partial charge >= 0.3 is 0 Å². The summed E-state index contributed by atoms with van der Waals surface area (Å²) >= 11 is 12.8. The SMILES string of the molecule is NC(Cc1cncc(Br)c1)c1ccc(Cl)c(Br)c1. The van der Waals surface area contributed by atoms with Crippen LogP contribution >= 0.6 is 43.5 Å². The molecule has 1 heterocycles. The minimum absolute atomic E-state index is 0.0744. The van der Waals surface area contributed by atoms with Crippen molar-refractivity contribution in [2.24, 2.45) is 5.73 Å². The number of rotatable bonds is 3. The van der Waals surface area contributed by atoms with Crippen molar-refractivity contribution in [2.45, 2.75) is 12.5 Å². The van der Waals surface area contributed by atoms with Crippen LogP contribution in [0.15, 0.2) is 45.6 Å². The Bertz CT molecular complexity index is 560. The van der Waals surface area contributed by atoms with Crippen LogP contribution in [0, 0.1) is 0 Å². The maximum absolute atomic E-state index is 6.19. The number of benzene rings is 1. The normalized spacial score (nSPS) is 12.4. The number of hydrogen-bond acceptors (Lipinski definition) is 2. The van der Waals surface area contributed by atoms with E-state index in [4.69, 9.17) is 17.3 Å². The summed E-state index contributed by atoms with van der Waals surface area (Å²) in [6, 6.07) is 7.70. The second kappa shape index (κ2) is 6.15. The highest BCUT2D eigenvalue weighted by Crippen LogP contribution is 2.26. The molecule has 0 aliphatic carbocycles. The van der Waals surface area contributed by atoms with Gasteiger partial charge < -0.3 is 5.73 Å². The van der Waals surface area contributed by atoms with E-state index in [0.717, 1.165) is 26.5 Å². The topological polar surface area (TPSA) is 38.9 Å². The molecule has 0 radical (unpaired) electrons. The largest absolute Gasteiger partial charge is 0.324 e. The van der Waals surface area contributed by atoms with Crippen molar-refractivity contribution >= 4 is 43.5 Å². The summed E-state index contributed by atoms with van der Waals surface area (Å²) in [5.74, 6) is 0. The van der Waals surface area contributed by atoms with Crippen LogP contribution in [-0.2, 0) is 6.42 Å². The van der Waals surface area contributed by atoms with Gasteiger partial charge in [0.25, 0.3) is 0 Å². The van der Waals surface area contributed by atoms with Crippen LogP contribution in [0.1, 0.15) is 17.2 Å². The van der Waals surface area contributed by atoms with E-state index in [-0.39, 0.29) is 6.04 Å². The van der Waals surface area contributed by atoms with Crippen LogP contribution < -0.4 is 5.73 Å². The molecule has 0 aliphatic rings. The molecule has 0 fully saturated rings. The predicted molar refractivity (Wildman–Crippen MR) is 81.7 cm³/mol. The van der Waals surface area contributed by atoms with Crippen molar-refractivity contribution in [2.75, 3.05) is 0 Å². The van der Waals surface area contributed by atoms with Gasteiger partial charge in [-0.05, 0) is 67.6 Å². The van der Waals surface area contributed by atoms with Gasteiger partial charge in [-0.15, -0.1) is 0 Å². The maximum Gasteiger partial charge on any atom is 0.0548 e. The monoisotopic (exact) mass is 388 g/mol. The Morgan fingerprint density at radius 1 is 1.22 bits per heavy atom. The number of halogens is 3. The van der Waals surface area contributed by atoms with E-state index < -0.39 is 0 Å². The molecule has 1 unspecified atom stereocenters. The maximum atomic E-state index is 6.19. The summed E-state index contributed by atoms with van der Waals surface area (Å²) in [7, 11) is 0. The molecule has 1 aromatic heterocycles. The molecule has 5 heteroatoms. The van der Waals surface area contributed by atoms with E-state index in [2.05, 4.69) is 36.8 Å². The van der Waals surface area contributed by atoms with Gasteiger partial charge in [0.1, 0.15) is 0 Å². The number of aromatic nitrogens is 1. The lowest BCUT2D eigenvalue weighted by atomic mass is 10.0. The lowest BCUT2D eigenvalue weighted by Crippen LogP contribution is -2.13. The van der Waals surface area contributed by atoms with E-state index in [0.29, 0.717) is 5.02 Å². The minimum Gasteiger partial charge on any atom is -0.324 e. The molecule has 2 aromatic rings. The first-order valence-corrected chi connectivity index (χ1v) is 7.32. The Kier molecular flexibility index (Phi) is 4.78. The molecule has 18 heavy (non-hydrogen) atoms. The summed E-state index contributed by atoms with van der Waals surface area (Å²) in [5, 5.41) is 0.690. The predicted octanol–water partition coefficient (Wildman–Crippen LogP) is 4.50. The fourth-order valence-corrected chi connectivity index (χ4v) is 2.61. The van der Waals surface area contributed by atoms with Crippen LogP contribution in [-0.4, -0.2) is 4.98 Å². The Labute approximate surface area is 128 Å². The lowest BCUT2D eigenvalue weighted by molar-refractivity contribution is 0.719. The second-order valence-electron chi connectivity index (χ2n) is 4.00. The molecule has 2 N–H and O–H groups in total. The highest BCUT2D eigenvalue weighted by molar-refractivity contribution is 9.10. The molecule has 2 rings (SSSR count). The molecule has 1 aromatic carbocycles. The molecule has 0 bridgehead atoms. The molecule has 1 atom stereocenters. The van der Waals surface area contributed by atoms with Gasteiger partial charge in [0, 0.05) is 27.4 Å². The van der Waals surface area contributed by atoms with Gasteiger partial charge in [-0.2, -0.15) is 0 Å². The summed E-state index contributed by atoms with van der Waals surface area (Å²) in [5.41, 5.74) is 8.34. The third-order valence-corrected chi connectivity index (χ3v) is 4.24. The molecular formula is C13H11Br2ClN2. The fraction of sp³-hybridized carbons (Fsp3) is 0.154. The molecule has 0 saturated carbocycles. The van der Waals surface area contributed by atoms with Gasteiger partial charge in [0.05, 0.1) is 5.02 Å². The first kappa shape index (κ1) is 14.0. The van der Waals surface area contributed by atoms with Crippen molar-refractivity contribution in [3.63, 3.8) is 0 Å². The van der Waals surface area contributed by atoms with E-state index in [1.807, 2.05) is 30.5 Å². The number of hydrogen-bond donors (Lipinski definition) is 1. The molecular weight excluding hydrogens is 379 g/mol. The zero-order valence-electron chi connectivity index (χ0n) is 9.41. The van der Waals surface area contributed by atoms with Gasteiger partial charge in [-0.25, -0.2) is 0 Å². The number of nitrogens with zero attached hydrogens (tertiary/aromatic N) is 1. The van der Waals surface area contributed by atoms with Crippen LogP contribution in [0.3, 0.4) is 0 Å². The second-order valence-corrected chi connectivity index (χ2v) is 6.17. The number of nitrogens with two attached hydrogens (primary N) is 1. The average Bonchev–Trinajstić information content (AvgIpc) is 2.32. The lowest BCUT2D eigenvalue weighted by Gasteiger charge is -2.13. The first-order chi connectivity index (χ1) is 8.56. The van der Waals surface area contributed by atoms with Gasteiger partial charge in [0.15, 0.2) is 0 Å². The standard InChI is InChI=1S/C13H11Br2ClN2/c14-10-3-8(6-18-7-10)4-13(17)9-1-2-12(16)11(15)5-9/h1-3,5-7,13H,4,17H2. The van der Waals surface area contributed by atoms with Crippen LogP contribution in [0.5, 0.6) is 0 Å². The summed E-state index contributed by atoms with van der Waals surface area (Å²) < 4.78 is 1.83. The van der Waals surface area contributed by atoms with Crippen molar-refractivity contribution < 1.29 is 0 Å². The summed E-state index contributed by atoms with van der Waals surface area (Å²) in [6.45, 7) is 0. The highest BCUT2D eigenvalue weighted by Gasteiger charge is 2.09. The van der Waals surface area contributed by atoms with E-state index >= 15 is 0 Å². The fourth-order valence-electron chi connectivity index (χ4n) is 1.68. The molecule has 2 nitrogen and oxygen atoms in total. The van der Waals surface area contributed by atoms with E-state index in [9.17, 15) is 0 Å². The molecule has 0 aliphatic heterocycles.